The molecule has 0 saturated carbocycles. The molecule has 1 saturated heterocycles. The second-order valence-corrected chi connectivity index (χ2v) is 9.74. The van der Waals surface area contributed by atoms with Crippen LogP contribution < -0.4 is 12.4 Å². The van der Waals surface area contributed by atoms with Crippen LogP contribution >= 0.6 is 0 Å². The minimum atomic E-state index is -0.312. The molecule has 3 aliphatic rings. The first-order chi connectivity index (χ1) is 8.45. The fraction of sp³-hybridized carbons (Fsp3) is 0.429. The molecule has 0 aromatic carbocycles. The summed E-state index contributed by atoms with van der Waals surface area (Å²) in [6.45, 7) is 1.06. The molecule has 0 aromatic heterocycles. The summed E-state index contributed by atoms with van der Waals surface area (Å²) in [6.07, 6.45) is 18.8. The van der Waals surface area contributed by atoms with Crippen LogP contribution in [0, 0.1) is 0 Å². The molecule has 0 N–H and O–H groups in total. The van der Waals surface area contributed by atoms with Crippen LogP contribution in [0.15, 0.2) is 43.0 Å². The van der Waals surface area contributed by atoms with Crippen molar-refractivity contribution in [1.29, 1.82) is 0 Å². The third-order valence-electron chi connectivity index (χ3n) is 2.94. The molecule has 0 atom stereocenters. The van der Waals surface area contributed by atoms with E-state index in [1.165, 1.54) is 31.0 Å². The summed E-state index contributed by atoms with van der Waals surface area (Å²) >= 11 is -0.303. The largest absolute Gasteiger partial charge is 1.00 e. The Bertz CT molecular complexity index is 323. The van der Waals surface area contributed by atoms with E-state index in [9.17, 15) is 0 Å². The summed E-state index contributed by atoms with van der Waals surface area (Å²) in [4.78, 5) is 0. The Morgan fingerprint density at radius 3 is 2.00 bits per heavy atom. The number of halogens is 1. The van der Waals surface area contributed by atoms with Gasteiger partial charge in [-0.25, -0.2) is 0 Å². The zero-order valence-electron chi connectivity index (χ0n) is 11.7. The zero-order chi connectivity index (χ0) is 11.8. The Kier molecular flexibility index (Phi) is 9.65. The second kappa shape index (κ2) is 10.4. The van der Waals surface area contributed by atoms with Crippen molar-refractivity contribution in [3.63, 3.8) is 0 Å². The van der Waals surface area contributed by atoms with Gasteiger partial charge in [0.25, 0.3) is 0 Å². The van der Waals surface area contributed by atoms with Crippen molar-refractivity contribution in [3.8, 4) is 0 Å². The summed E-state index contributed by atoms with van der Waals surface area (Å²) in [5.74, 6) is 0. The van der Waals surface area contributed by atoms with Crippen molar-refractivity contribution in [2.24, 2.45) is 0 Å². The summed E-state index contributed by atoms with van der Waals surface area (Å²) < 4.78 is 8.66. The van der Waals surface area contributed by atoms with Crippen molar-refractivity contribution in [1.82, 2.24) is 0 Å². The Balaban J connectivity index is 0.000000353. The van der Waals surface area contributed by atoms with E-state index < -0.39 is 0 Å². The van der Waals surface area contributed by atoms with Crippen molar-refractivity contribution < 1.29 is 40.9 Å². The molecule has 1 aliphatic heterocycles. The Morgan fingerprint density at radius 2 is 1.72 bits per heavy atom. The standard InChI is InChI=1S/2C5H5.C4H8O.Al.ClH.Zr.2H/c2*1-2-4-5-3-1;1-2-3-4-5;;;;;/h2*1-3H,4H2;1-4H2;;1H;;;/q;;-1;+1;;+2;;-1/p-1. The molecule has 4 heteroatoms. The Labute approximate surface area is 136 Å². The number of allylic oxidation sites excluding steroid dienone is 8. The maximum absolute atomic E-state index is 5.21. The predicted octanol–water partition coefficient (Wildman–Crippen LogP) is 0.440. The Morgan fingerprint density at radius 1 is 1.06 bits per heavy atom. The fourth-order valence-electron chi connectivity index (χ4n) is 1.97. The Hall–Kier alpha value is 0.626. The molecule has 0 bridgehead atoms. The van der Waals surface area contributed by atoms with Crippen LogP contribution in [0.4, 0.5) is 0 Å². The number of rotatable bonds is 2. The number of hydrogen-bond acceptors (Lipinski definition) is 1. The van der Waals surface area contributed by atoms with E-state index in [1.807, 2.05) is 0 Å². The average molecular weight is 358 g/mol. The van der Waals surface area contributed by atoms with Gasteiger partial charge in [-0.05, 0) is 6.42 Å². The summed E-state index contributed by atoms with van der Waals surface area (Å²) in [5, 5.41) is 1.42. The predicted molar refractivity (Wildman–Crippen MR) is 71.9 cm³/mol. The van der Waals surface area contributed by atoms with Crippen LogP contribution in [-0.4, -0.2) is 22.2 Å². The van der Waals surface area contributed by atoms with E-state index >= 15 is 0 Å². The van der Waals surface area contributed by atoms with Crippen LogP contribution in [0.2, 0.25) is 5.28 Å². The van der Waals surface area contributed by atoms with Crippen LogP contribution in [0.25, 0.3) is 0 Å². The van der Waals surface area contributed by atoms with E-state index in [-0.39, 0.29) is 52.6 Å². The van der Waals surface area contributed by atoms with E-state index in [1.54, 1.807) is 6.56 Å². The van der Waals surface area contributed by atoms with Gasteiger partial charge in [0.15, 0.2) is 0 Å². The molecular weight excluding hydrogens is 338 g/mol. The van der Waals surface area contributed by atoms with Gasteiger partial charge in [0, 0.05) is 6.61 Å². The SMILES string of the molecule is C1=CC[C]([Zr+2][C]2=CC=CC2)=C1.C1C[CH2][AlH][O]C1.[Cl-].[H-]. The van der Waals surface area contributed by atoms with Crippen molar-refractivity contribution in [2.45, 2.75) is 31.0 Å². The van der Waals surface area contributed by atoms with Gasteiger partial charge in [0.05, 0.1) is 0 Å². The van der Waals surface area contributed by atoms with E-state index in [0.717, 1.165) is 6.61 Å². The summed E-state index contributed by atoms with van der Waals surface area (Å²) in [6, 6.07) is 0. The minimum absolute atomic E-state index is 0. The maximum atomic E-state index is 5.21. The maximum Gasteiger partial charge on any atom is 0.435 e. The molecule has 0 amide bonds. The molecule has 1 fully saturated rings. The van der Waals surface area contributed by atoms with Crippen LogP contribution in [0.5, 0.6) is 0 Å². The first-order valence-corrected chi connectivity index (χ1v) is 10.5. The molecule has 0 unspecified atom stereocenters. The normalized spacial score (nSPS) is 19.8. The van der Waals surface area contributed by atoms with Gasteiger partial charge in [0.1, 0.15) is 0 Å². The molecule has 0 radical (unpaired) electrons. The van der Waals surface area contributed by atoms with E-state index in [0.29, 0.717) is 0 Å². The summed E-state index contributed by atoms with van der Waals surface area (Å²) in [7, 11) is 0. The van der Waals surface area contributed by atoms with Crippen LogP contribution in [0.1, 0.15) is 27.1 Å². The quantitative estimate of drug-likeness (QED) is 0.652. The zero-order valence-corrected chi connectivity index (χ0v) is 15.3. The van der Waals surface area contributed by atoms with E-state index in [4.69, 9.17) is 3.79 Å². The second-order valence-electron chi connectivity index (χ2n) is 4.45. The molecule has 3 rings (SSSR count). The molecule has 1 heterocycles. The average Bonchev–Trinajstić information content (AvgIpc) is 3.06. The van der Waals surface area contributed by atoms with Gasteiger partial charge < -0.3 is 17.6 Å². The summed E-state index contributed by atoms with van der Waals surface area (Å²) in [5.41, 5.74) is 0. The molecule has 0 aromatic rings. The van der Waals surface area contributed by atoms with Gasteiger partial charge in [0.2, 0.25) is 0 Å². The third-order valence-corrected chi connectivity index (χ3v) is 7.71. The van der Waals surface area contributed by atoms with Gasteiger partial charge in [-0.2, -0.15) is 0 Å². The van der Waals surface area contributed by atoms with Gasteiger partial charge in [-0.15, -0.1) is 0 Å². The van der Waals surface area contributed by atoms with Crippen molar-refractivity contribution >= 4 is 15.6 Å². The molecule has 1 nitrogen and oxygen atoms in total. The first-order valence-electron chi connectivity index (χ1n) is 6.51. The molecule has 0 spiro atoms. The molecule has 2 aliphatic carbocycles. The first kappa shape index (κ1) is 16.7. The van der Waals surface area contributed by atoms with E-state index in [2.05, 4.69) is 36.5 Å². The third kappa shape index (κ3) is 6.69. The fourth-order valence-corrected chi connectivity index (χ4v) is 6.12. The molecular formula is C14H20AlClOZr. The van der Waals surface area contributed by atoms with Gasteiger partial charge >= 0.3 is 94.6 Å². The minimum Gasteiger partial charge on any atom is -1.00 e. The molecule has 18 heavy (non-hydrogen) atoms. The molecule has 96 valence electrons. The number of hydrogen-bond donors (Lipinski definition) is 0. The topological polar surface area (TPSA) is 9.23 Å². The van der Waals surface area contributed by atoms with Crippen LogP contribution in [-0.2, 0) is 27.0 Å². The van der Waals surface area contributed by atoms with Crippen LogP contribution in [0.3, 0.4) is 0 Å². The van der Waals surface area contributed by atoms with Gasteiger partial charge in [-0.3, -0.25) is 0 Å². The van der Waals surface area contributed by atoms with Crippen molar-refractivity contribution in [3.05, 3.63) is 43.0 Å². The monoisotopic (exact) mass is 356 g/mol. The van der Waals surface area contributed by atoms with Crippen molar-refractivity contribution in [2.75, 3.05) is 6.61 Å². The van der Waals surface area contributed by atoms with Gasteiger partial charge in [-0.1, -0.05) is 11.7 Å². The smallest absolute Gasteiger partial charge is 0.435 e.